The second-order valence-electron chi connectivity index (χ2n) is 6.31. The summed E-state index contributed by atoms with van der Waals surface area (Å²) in [5.41, 5.74) is 0. The second kappa shape index (κ2) is 8.98. The van der Waals surface area contributed by atoms with Crippen LogP contribution >= 0.6 is 0 Å². The zero-order valence-corrected chi connectivity index (χ0v) is 13.3. The van der Waals surface area contributed by atoms with Crippen LogP contribution in [0, 0.1) is 0 Å². The van der Waals surface area contributed by atoms with Gasteiger partial charge in [0, 0.05) is 26.1 Å². The van der Waals surface area contributed by atoms with E-state index in [0.717, 1.165) is 25.9 Å². The lowest BCUT2D eigenvalue weighted by molar-refractivity contribution is -0.137. The third-order valence-corrected chi connectivity index (χ3v) is 4.51. The van der Waals surface area contributed by atoms with Gasteiger partial charge in [0.25, 0.3) is 0 Å². The second-order valence-corrected chi connectivity index (χ2v) is 6.31. The van der Waals surface area contributed by atoms with E-state index < -0.39 is 5.97 Å². The van der Waals surface area contributed by atoms with E-state index in [-0.39, 0.29) is 12.5 Å². The van der Waals surface area contributed by atoms with E-state index in [0.29, 0.717) is 25.2 Å². The van der Waals surface area contributed by atoms with Gasteiger partial charge in [0.15, 0.2) is 0 Å². The summed E-state index contributed by atoms with van der Waals surface area (Å²) in [6.07, 6.45) is 9.35. The van der Waals surface area contributed by atoms with E-state index >= 15 is 0 Å². The molecule has 126 valence electrons. The molecule has 2 amide bonds. The van der Waals surface area contributed by atoms with Gasteiger partial charge in [-0.3, -0.25) is 4.79 Å². The zero-order chi connectivity index (χ0) is 15.8. The summed E-state index contributed by atoms with van der Waals surface area (Å²) in [5, 5.41) is 11.3. The van der Waals surface area contributed by atoms with Gasteiger partial charge in [-0.25, -0.2) is 4.79 Å². The quantitative estimate of drug-likeness (QED) is 0.738. The topological polar surface area (TPSA) is 78.9 Å². The number of carbonyl (C=O) groups is 2. The number of amides is 2. The number of carboxylic acids is 1. The summed E-state index contributed by atoms with van der Waals surface area (Å²) in [7, 11) is 0. The SMILES string of the molecule is O=C(O)CCCNC(=O)N1CCC(OC2CCCCC2)CC1. The Morgan fingerprint density at radius 1 is 1.05 bits per heavy atom. The minimum atomic E-state index is -0.824. The van der Waals surface area contributed by atoms with Crippen LogP contribution < -0.4 is 5.32 Å². The van der Waals surface area contributed by atoms with Crippen LogP contribution in [0.4, 0.5) is 4.79 Å². The maximum absolute atomic E-state index is 12.0. The Labute approximate surface area is 132 Å². The van der Waals surface area contributed by atoms with Gasteiger partial charge in [0.2, 0.25) is 0 Å². The molecule has 2 rings (SSSR count). The summed E-state index contributed by atoms with van der Waals surface area (Å²) >= 11 is 0. The van der Waals surface area contributed by atoms with Crippen LogP contribution in [0.3, 0.4) is 0 Å². The molecule has 1 aliphatic carbocycles. The van der Waals surface area contributed by atoms with Gasteiger partial charge < -0.3 is 20.1 Å². The highest BCUT2D eigenvalue weighted by atomic mass is 16.5. The van der Waals surface area contributed by atoms with Gasteiger partial charge >= 0.3 is 12.0 Å². The number of nitrogens with one attached hydrogen (secondary N) is 1. The number of carbonyl (C=O) groups excluding carboxylic acids is 1. The van der Waals surface area contributed by atoms with Gasteiger partial charge in [0.05, 0.1) is 12.2 Å². The molecule has 1 heterocycles. The molecular weight excluding hydrogens is 284 g/mol. The first kappa shape index (κ1) is 17.1. The Morgan fingerprint density at radius 2 is 1.68 bits per heavy atom. The predicted octanol–water partition coefficient (Wildman–Crippen LogP) is 2.37. The fourth-order valence-electron chi connectivity index (χ4n) is 3.22. The van der Waals surface area contributed by atoms with Crippen LogP contribution in [0.25, 0.3) is 0 Å². The Kier molecular flexibility index (Phi) is 6.96. The molecule has 1 saturated heterocycles. The number of carboxylic acid groups (broad SMARTS) is 1. The molecule has 2 N–H and O–H groups in total. The van der Waals surface area contributed by atoms with Gasteiger partial charge in [-0.05, 0) is 32.1 Å². The molecule has 0 atom stereocenters. The first-order chi connectivity index (χ1) is 10.6. The lowest BCUT2D eigenvalue weighted by Gasteiger charge is -2.34. The Bertz CT molecular complexity index is 361. The van der Waals surface area contributed by atoms with Crippen molar-refractivity contribution in [3.8, 4) is 0 Å². The Balaban J connectivity index is 1.59. The van der Waals surface area contributed by atoms with Gasteiger partial charge in [-0.1, -0.05) is 19.3 Å². The van der Waals surface area contributed by atoms with Crippen LogP contribution in [-0.4, -0.2) is 53.8 Å². The molecule has 1 aliphatic heterocycles. The summed E-state index contributed by atoms with van der Waals surface area (Å²) in [4.78, 5) is 24.2. The predicted molar refractivity (Wildman–Crippen MR) is 82.8 cm³/mol. The molecule has 6 heteroatoms. The van der Waals surface area contributed by atoms with Crippen molar-refractivity contribution in [1.29, 1.82) is 0 Å². The molecule has 2 fully saturated rings. The molecule has 0 aromatic heterocycles. The van der Waals surface area contributed by atoms with Gasteiger partial charge in [-0.15, -0.1) is 0 Å². The standard InChI is InChI=1S/C16H28N2O4/c19-15(20)7-4-10-17-16(21)18-11-8-14(9-12-18)22-13-5-2-1-3-6-13/h13-14H,1-12H2,(H,17,21)(H,19,20). The first-order valence-electron chi connectivity index (χ1n) is 8.55. The van der Waals surface area contributed by atoms with Crippen LogP contribution in [0.5, 0.6) is 0 Å². The molecule has 0 bridgehead atoms. The van der Waals surface area contributed by atoms with Crippen molar-refractivity contribution in [1.82, 2.24) is 10.2 Å². The highest BCUT2D eigenvalue weighted by molar-refractivity contribution is 5.74. The van der Waals surface area contributed by atoms with E-state index in [9.17, 15) is 9.59 Å². The fraction of sp³-hybridized carbons (Fsp3) is 0.875. The van der Waals surface area contributed by atoms with Crippen LogP contribution in [0.2, 0.25) is 0 Å². The fourth-order valence-corrected chi connectivity index (χ4v) is 3.22. The van der Waals surface area contributed by atoms with Crippen molar-refractivity contribution in [3.05, 3.63) is 0 Å². The molecular formula is C16H28N2O4. The molecule has 0 spiro atoms. The first-order valence-corrected chi connectivity index (χ1v) is 8.55. The highest BCUT2D eigenvalue weighted by Gasteiger charge is 2.25. The molecule has 0 aromatic rings. The van der Waals surface area contributed by atoms with Crippen LogP contribution in [-0.2, 0) is 9.53 Å². The monoisotopic (exact) mass is 312 g/mol. The van der Waals surface area contributed by atoms with Crippen molar-refractivity contribution in [2.45, 2.75) is 70.0 Å². The van der Waals surface area contributed by atoms with Crippen LogP contribution in [0.1, 0.15) is 57.8 Å². The largest absolute Gasteiger partial charge is 0.481 e. The van der Waals surface area contributed by atoms with E-state index in [2.05, 4.69) is 5.32 Å². The number of nitrogens with zero attached hydrogens (tertiary/aromatic N) is 1. The lowest BCUT2D eigenvalue weighted by Crippen LogP contribution is -2.46. The molecule has 0 aromatic carbocycles. The van der Waals surface area contributed by atoms with Crippen molar-refractivity contribution < 1.29 is 19.4 Å². The average Bonchev–Trinajstić information content (AvgIpc) is 2.53. The minimum absolute atomic E-state index is 0.0819. The van der Waals surface area contributed by atoms with Crippen LogP contribution in [0.15, 0.2) is 0 Å². The summed E-state index contributed by atoms with van der Waals surface area (Å²) in [6, 6.07) is -0.0819. The maximum Gasteiger partial charge on any atom is 0.317 e. The van der Waals surface area contributed by atoms with E-state index in [4.69, 9.17) is 9.84 Å². The number of aliphatic carboxylic acids is 1. The van der Waals surface area contributed by atoms with Gasteiger partial charge in [-0.2, -0.15) is 0 Å². The molecule has 2 aliphatic rings. The number of likely N-dealkylation sites (tertiary alicyclic amines) is 1. The van der Waals surface area contributed by atoms with Crippen molar-refractivity contribution in [2.24, 2.45) is 0 Å². The van der Waals surface area contributed by atoms with Gasteiger partial charge in [0.1, 0.15) is 0 Å². The highest BCUT2D eigenvalue weighted by Crippen LogP contribution is 2.24. The average molecular weight is 312 g/mol. The number of urea groups is 1. The lowest BCUT2D eigenvalue weighted by atomic mass is 9.97. The Hall–Kier alpha value is -1.30. The number of rotatable bonds is 6. The smallest absolute Gasteiger partial charge is 0.317 e. The van der Waals surface area contributed by atoms with Crippen molar-refractivity contribution in [3.63, 3.8) is 0 Å². The maximum atomic E-state index is 12.0. The van der Waals surface area contributed by atoms with E-state index in [1.165, 1.54) is 32.1 Å². The third-order valence-electron chi connectivity index (χ3n) is 4.51. The normalized spacial score (nSPS) is 20.8. The Morgan fingerprint density at radius 3 is 2.32 bits per heavy atom. The molecule has 0 radical (unpaired) electrons. The number of hydrogen-bond donors (Lipinski definition) is 2. The number of ether oxygens (including phenoxy) is 1. The summed E-state index contributed by atoms with van der Waals surface area (Å²) < 4.78 is 6.16. The zero-order valence-electron chi connectivity index (χ0n) is 13.3. The van der Waals surface area contributed by atoms with E-state index in [1.54, 1.807) is 0 Å². The van der Waals surface area contributed by atoms with E-state index in [1.807, 2.05) is 4.90 Å². The minimum Gasteiger partial charge on any atom is -0.481 e. The molecule has 0 unspecified atom stereocenters. The molecule has 6 nitrogen and oxygen atoms in total. The van der Waals surface area contributed by atoms with Crippen molar-refractivity contribution in [2.75, 3.05) is 19.6 Å². The molecule has 22 heavy (non-hydrogen) atoms. The number of piperidine rings is 1. The summed E-state index contributed by atoms with van der Waals surface area (Å²) in [6.45, 7) is 1.87. The molecule has 1 saturated carbocycles. The third kappa shape index (κ3) is 5.83. The summed E-state index contributed by atoms with van der Waals surface area (Å²) in [5.74, 6) is -0.824. The van der Waals surface area contributed by atoms with Crippen molar-refractivity contribution >= 4 is 12.0 Å². The number of hydrogen-bond acceptors (Lipinski definition) is 3.